The first-order valence-electron chi connectivity index (χ1n) is 9.51. The summed E-state index contributed by atoms with van der Waals surface area (Å²) in [5.74, 6) is 3.93. The van der Waals surface area contributed by atoms with Crippen LogP contribution in [0.3, 0.4) is 0 Å². The van der Waals surface area contributed by atoms with E-state index in [1.165, 1.54) is 77.0 Å². The fraction of sp³-hybridized carbons (Fsp3) is 0.900. The molecule has 0 heterocycles. The SMILES string of the molecule is CCCCCC1C=CC(C2CCC(CCC)CC2)CC1. The van der Waals surface area contributed by atoms with Crippen molar-refractivity contribution in [2.24, 2.45) is 23.7 Å². The number of hydrogen-bond donors (Lipinski definition) is 0. The number of rotatable bonds is 7. The lowest BCUT2D eigenvalue weighted by Crippen LogP contribution is -2.23. The maximum Gasteiger partial charge on any atom is -0.0205 e. The Labute approximate surface area is 127 Å². The topological polar surface area (TPSA) is 0 Å². The lowest BCUT2D eigenvalue weighted by Gasteiger charge is -2.35. The van der Waals surface area contributed by atoms with E-state index in [-0.39, 0.29) is 0 Å². The highest BCUT2D eigenvalue weighted by molar-refractivity contribution is 5.00. The van der Waals surface area contributed by atoms with Crippen LogP contribution in [0.15, 0.2) is 12.2 Å². The molecule has 20 heavy (non-hydrogen) atoms. The van der Waals surface area contributed by atoms with Gasteiger partial charge in [0.1, 0.15) is 0 Å². The summed E-state index contributed by atoms with van der Waals surface area (Å²) in [7, 11) is 0. The normalized spacial score (nSPS) is 34.3. The van der Waals surface area contributed by atoms with Crippen molar-refractivity contribution in [1.82, 2.24) is 0 Å². The zero-order chi connectivity index (χ0) is 14.2. The average Bonchev–Trinajstić information content (AvgIpc) is 2.49. The summed E-state index contributed by atoms with van der Waals surface area (Å²) in [6, 6.07) is 0. The third-order valence-electron chi connectivity index (χ3n) is 5.87. The van der Waals surface area contributed by atoms with Crippen molar-refractivity contribution in [2.45, 2.75) is 90.9 Å². The Balaban J connectivity index is 1.69. The van der Waals surface area contributed by atoms with Gasteiger partial charge in [-0.1, -0.05) is 70.9 Å². The Morgan fingerprint density at radius 2 is 1.55 bits per heavy atom. The molecule has 0 aromatic rings. The molecule has 2 aliphatic carbocycles. The molecule has 1 saturated carbocycles. The monoisotopic (exact) mass is 276 g/mol. The van der Waals surface area contributed by atoms with Crippen LogP contribution in [-0.4, -0.2) is 0 Å². The second-order valence-electron chi connectivity index (χ2n) is 7.45. The first kappa shape index (κ1) is 16.1. The summed E-state index contributed by atoms with van der Waals surface area (Å²) in [6.45, 7) is 4.65. The Bertz CT molecular complexity index is 270. The second-order valence-corrected chi connectivity index (χ2v) is 7.45. The van der Waals surface area contributed by atoms with Crippen LogP contribution in [0.1, 0.15) is 90.9 Å². The van der Waals surface area contributed by atoms with Crippen LogP contribution in [-0.2, 0) is 0 Å². The zero-order valence-corrected chi connectivity index (χ0v) is 13.9. The summed E-state index contributed by atoms with van der Waals surface area (Å²) >= 11 is 0. The van der Waals surface area contributed by atoms with Crippen molar-refractivity contribution in [1.29, 1.82) is 0 Å². The maximum absolute atomic E-state index is 2.62. The minimum Gasteiger partial charge on any atom is -0.0851 e. The Kier molecular flexibility index (Phi) is 7.17. The average molecular weight is 277 g/mol. The highest BCUT2D eigenvalue weighted by Crippen LogP contribution is 2.40. The predicted octanol–water partition coefficient (Wildman–Crippen LogP) is 6.76. The van der Waals surface area contributed by atoms with Crippen LogP contribution < -0.4 is 0 Å². The van der Waals surface area contributed by atoms with Crippen LogP contribution in [0.5, 0.6) is 0 Å². The van der Waals surface area contributed by atoms with Crippen LogP contribution in [0, 0.1) is 23.7 Å². The molecule has 2 unspecified atom stereocenters. The molecule has 116 valence electrons. The van der Waals surface area contributed by atoms with E-state index in [0.29, 0.717) is 0 Å². The number of unbranched alkanes of at least 4 members (excludes halogenated alkanes) is 2. The third-order valence-corrected chi connectivity index (χ3v) is 5.87. The quantitative estimate of drug-likeness (QED) is 0.356. The zero-order valence-electron chi connectivity index (χ0n) is 13.9. The Morgan fingerprint density at radius 1 is 0.750 bits per heavy atom. The van der Waals surface area contributed by atoms with Crippen molar-refractivity contribution in [3.8, 4) is 0 Å². The molecule has 0 nitrogen and oxygen atoms in total. The van der Waals surface area contributed by atoms with E-state index in [0.717, 1.165) is 23.7 Å². The van der Waals surface area contributed by atoms with Gasteiger partial charge < -0.3 is 0 Å². The van der Waals surface area contributed by atoms with Gasteiger partial charge in [0, 0.05) is 0 Å². The molecule has 0 aliphatic heterocycles. The van der Waals surface area contributed by atoms with Gasteiger partial charge in [-0.15, -0.1) is 0 Å². The minimum absolute atomic E-state index is 0.911. The smallest absolute Gasteiger partial charge is 0.0205 e. The summed E-state index contributed by atoms with van der Waals surface area (Å²) in [5, 5.41) is 0. The van der Waals surface area contributed by atoms with Crippen LogP contribution in [0.2, 0.25) is 0 Å². The molecule has 1 fully saturated rings. The molecule has 0 radical (unpaired) electrons. The molecular weight excluding hydrogens is 240 g/mol. The standard InChI is InChI=1S/C20H36/c1-3-5-6-8-18-11-15-20(16-12-18)19-13-9-17(7-4-2)10-14-19/h11,15,17-20H,3-10,12-14,16H2,1-2H3. The first-order chi connectivity index (χ1) is 9.83. The fourth-order valence-corrected chi connectivity index (χ4v) is 4.50. The third kappa shape index (κ3) is 4.93. The highest BCUT2D eigenvalue weighted by Gasteiger charge is 2.27. The van der Waals surface area contributed by atoms with Crippen LogP contribution >= 0.6 is 0 Å². The molecule has 0 bridgehead atoms. The van der Waals surface area contributed by atoms with E-state index in [1.54, 1.807) is 0 Å². The molecule has 0 amide bonds. The molecule has 0 aromatic carbocycles. The van der Waals surface area contributed by atoms with Gasteiger partial charge in [0.25, 0.3) is 0 Å². The lowest BCUT2D eigenvalue weighted by molar-refractivity contribution is 0.204. The molecule has 2 aliphatic rings. The van der Waals surface area contributed by atoms with Crippen LogP contribution in [0.25, 0.3) is 0 Å². The van der Waals surface area contributed by atoms with Gasteiger partial charge in [-0.25, -0.2) is 0 Å². The van der Waals surface area contributed by atoms with Crippen molar-refractivity contribution >= 4 is 0 Å². The molecule has 0 saturated heterocycles. The molecular formula is C20H36. The second kappa shape index (κ2) is 8.90. The van der Waals surface area contributed by atoms with E-state index >= 15 is 0 Å². The van der Waals surface area contributed by atoms with Gasteiger partial charge in [-0.2, -0.15) is 0 Å². The van der Waals surface area contributed by atoms with Crippen LogP contribution in [0.4, 0.5) is 0 Å². The molecule has 0 heteroatoms. The van der Waals surface area contributed by atoms with Crippen molar-refractivity contribution in [2.75, 3.05) is 0 Å². The van der Waals surface area contributed by atoms with E-state index in [9.17, 15) is 0 Å². The Hall–Kier alpha value is -0.260. The van der Waals surface area contributed by atoms with Gasteiger partial charge in [0.05, 0.1) is 0 Å². The summed E-state index contributed by atoms with van der Waals surface area (Å²) in [4.78, 5) is 0. The number of hydrogen-bond acceptors (Lipinski definition) is 0. The highest BCUT2D eigenvalue weighted by atomic mass is 14.3. The van der Waals surface area contributed by atoms with E-state index in [2.05, 4.69) is 26.0 Å². The molecule has 0 N–H and O–H groups in total. The van der Waals surface area contributed by atoms with Crippen molar-refractivity contribution < 1.29 is 0 Å². The van der Waals surface area contributed by atoms with Crippen molar-refractivity contribution in [3.05, 3.63) is 12.2 Å². The minimum atomic E-state index is 0.911. The largest absolute Gasteiger partial charge is 0.0851 e. The van der Waals surface area contributed by atoms with E-state index < -0.39 is 0 Å². The van der Waals surface area contributed by atoms with Crippen molar-refractivity contribution in [3.63, 3.8) is 0 Å². The summed E-state index contributed by atoms with van der Waals surface area (Å²) in [5.41, 5.74) is 0. The fourth-order valence-electron chi connectivity index (χ4n) is 4.50. The summed E-state index contributed by atoms with van der Waals surface area (Å²) < 4.78 is 0. The van der Waals surface area contributed by atoms with Gasteiger partial charge in [0.2, 0.25) is 0 Å². The van der Waals surface area contributed by atoms with Gasteiger partial charge in [-0.3, -0.25) is 0 Å². The Morgan fingerprint density at radius 3 is 2.15 bits per heavy atom. The number of allylic oxidation sites excluding steroid dienone is 2. The van der Waals surface area contributed by atoms with E-state index in [4.69, 9.17) is 0 Å². The first-order valence-corrected chi connectivity index (χ1v) is 9.51. The molecule has 2 atom stereocenters. The predicted molar refractivity (Wildman–Crippen MR) is 89.9 cm³/mol. The van der Waals surface area contributed by atoms with Gasteiger partial charge in [0.15, 0.2) is 0 Å². The maximum atomic E-state index is 2.62. The lowest BCUT2D eigenvalue weighted by atomic mass is 9.71. The van der Waals surface area contributed by atoms with Gasteiger partial charge in [-0.05, 0) is 55.8 Å². The summed E-state index contributed by atoms with van der Waals surface area (Å²) in [6.07, 6.45) is 22.8. The molecule has 0 aromatic heterocycles. The molecule has 2 rings (SSSR count). The van der Waals surface area contributed by atoms with Gasteiger partial charge >= 0.3 is 0 Å². The van der Waals surface area contributed by atoms with E-state index in [1.807, 2.05) is 0 Å². The molecule has 0 spiro atoms.